The molecular weight excluding hydrogens is 312 g/mol. The van der Waals surface area contributed by atoms with Gasteiger partial charge in [-0.1, -0.05) is 30.3 Å². The normalized spacial score (nSPS) is 24.7. The van der Waals surface area contributed by atoms with Crippen LogP contribution in [0.25, 0.3) is 0 Å². The van der Waals surface area contributed by atoms with Crippen LogP contribution in [-0.2, 0) is 21.2 Å². The third-order valence-electron chi connectivity index (χ3n) is 4.91. The van der Waals surface area contributed by atoms with Crippen molar-refractivity contribution in [3.05, 3.63) is 35.9 Å². The highest BCUT2D eigenvalue weighted by Crippen LogP contribution is 2.22. The fraction of sp³-hybridized carbons (Fsp3) is 0.588. The van der Waals surface area contributed by atoms with E-state index >= 15 is 0 Å². The Balaban J connectivity index is 1.44. The summed E-state index contributed by atoms with van der Waals surface area (Å²) < 4.78 is 23.0. The van der Waals surface area contributed by atoms with Gasteiger partial charge in [0.15, 0.2) is 9.84 Å². The van der Waals surface area contributed by atoms with Crippen molar-refractivity contribution >= 4 is 15.7 Å². The molecule has 0 aliphatic carbocycles. The van der Waals surface area contributed by atoms with E-state index in [1.165, 1.54) is 10.5 Å². The maximum atomic E-state index is 12.4. The van der Waals surface area contributed by atoms with Crippen molar-refractivity contribution in [2.75, 3.05) is 37.7 Å². The molecule has 2 heterocycles. The van der Waals surface area contributed by atoms with Crippen molar-refractivity contribution in [1.29, 1.82) is 0 Å². The van der Waals surface area contributed by atoms with E-state index in [0.29, 0.717) is 12.8 Å². The number of quaternary nitrogens is 1. The minimum atomic E-state index is -2.89. The number of hydrogen-bond acceptors (Lipinski definition) is 3. The second-order valence-electron chi connectivity index (χ2n) is 6.77. The molecule has 3 rings (SSSR count). The molecule has 2 fully saturated rings. The standard InChI is InChI=1S/C17H24N2O3S/c20-17(12-16-6-11-23(21,22)14-16)19-9-7-18(8-10-19)13-15-4-2-1-3-5-15/h1-5,16H,6-14H2/p+1/t16-/m1/s1. The Kier molecular flexibility index (Phi) is 5.02. The van der Waals surface area contributed by atoms with Crippen molar-refractivity contribution in [2.45, 2.75) is 19.4 Å². The van der Waals surface area contributed by atoms with Gasteiger partial charge in [0.1, 0.15) is 6.54 Å². The third kappa shape index (κ3) is 4.54. The van der Waals surface area contributed by atoms with E-state index in [0.717, 1.165) is 32.7 Å². The fourth-order valence-electron chi connectivity index (χ4n) is 3.54. The smallest absolute Gasteiger partial charge is 0.223 e. The minimum Gasteiger partial charge on any atom is -0.331 e. The molecule has 0 radical (unpaired) electrons. The molecule has 2 aliphatic rings. The Morgan fingerprint density at radius 2 is 1.87 bits per heavy atom. The first kappa shape index (κ1) is 16.5. The molecule has 6 heteroatoms. The first-order valence-corrected chi connectivity index (χ1v) is 10.2. The molecule has 0 bridgehead atoms. The van der Waals surface area contributed by atoms with Gasteiger partial charge in [-0.05, 0) is 12.3 Å². The summed E-state index contributed by atoms with van der Waals surface area (Å²) in [5.41, 5.74) is 1.33. The summed E-state index contributed by atoms with van der Waals surface area (Å²) in [5.74, 6) is 0.603. The number of sulfone groups is 1. The van der Waals surface area contributed by atoms with Gasteiger partial charge in [-0.2, -0.15) is 0 Å². The lowest BCUT2D eigenvalue weighted by Gasteiger charge is -2.32. The second-order valence-corrected chi connectivity index (χ2v) is 9.00. The van der Waals surface area contributed by atoms with E-state index in [4.69, 9.17) is 0 Å². The molecule has 1 aromatic rings. The topological polar surface area (TPSA) is 58.9 Å². The van der Waals surface area contributed by atoms with E-state index in [-0.39, 0.29) is 23.3 Å². The van der Waals surface area contributed by atoms with Crippen LogP contribution >= 0.6 is 0 Å². The molecule has 0 saturated carbocycles. The number of hydrogen-bond donors (Lipinski definition) is 1. The highest BCUT2D eigenvalue weighted by Gasteiger charge is 2.32. The Morgan fingerprint density at radius 1 is 1.17 bits per heavy atom. The zero-order chi connectivity index (χ0) is 16.3. The van der Waals surface area contributed by atoms with Crippen molar-refractivity contribution in [3.63, 3.8) is 0 Å². The Hall–Kier alpha value is -1.40. The summed E-state index contributed by atoms with van der Waals surface area (Å²) >= 11 is 0. The Bertz CT molecular complexity index is 637. The van der Waals surface area contributed by atoms with Gasteiger partial charge in [0.05, 0.1) is 37.7 Å². The lowest BCUT2D eigenvalue weighted by atomic mass is 10.0. The Labute approximate surface area is 138 Å². The molecule has 1 atom stereocenters. The molecule has 23 heavy (non-hydrogen) atoms. The van der Waals surface area contributed by atoms with Crippen LogP contribution in [-0.4, -0.2) is 56.9 Å². The Morgan fingerprint density at radius 3 is 2.48 bits per heavy atom. The number of carbonyl (C=O) groups excluding carboxylic acids is 1. The largest absolute Gasteiger partial charge is 0.331 e. The summed E-state index contributed by atoms with van der Waals surface area (Å²) in [6, 6.07) is 10.4. The number of rotatable bonds is 4. The minimum absolute atomic E-state index is 0.0298. The average Bonchev–Trinajstić information content (AvgIpc) is 2.88. The van der Waals surface area contributed by atoms with Crippen molar-refractivity contribution in [1.82, 2.24) is 4.90 Å². The van der Waals surface area contributed by atoms with Crippen molar-refractivity contribution in [3.8, 4) is 0 Å². The predicted octanol–water partition coefficient (Wildman–Crippen LogP) is -0.261. The van der Waals surface area contributed by atoms with Gasteiger partial charge in [0, 0.05) is 12.0 Å². The van der Waals surface area contributed by atoms with E-state index in [1.807, 2.05) is 11.0 Å². The monoisotopic (exact) mass is 337 g/mol. The fourth-order valence-corrected chi connectivity index (χ4v) is 5.40. The number of amides is 1. The highest BCUT2D eigenvalue weighted by molar-refractivity contribution is 7.91. The van der Waals surface area contributed by atoms with Gasteiger partial charge in [-0.15, -0.1) is 0 Å². The zero-order valence-corrected chi connectivity index (χ0v) is 14.2. The molecule has 0 aromatic heterocycles. The molecule has 2 saturated heterocycles. The zero-order valence-electron chi connectivity index (χ0n) is 13.4. The SMILES string of the molecule is O=C(C[C@H]1CCS(=O)(=O)C1)N1CC[NH+](Cc2ccccc2)CC1. The number of carbonyl (C=O) groups is 1. The van der Waals surface area contributed by atoms with Gasteiger partial charge in [0.25, 0.3) is 0 Å². The van der Waals surface area contributed by atoms with E-state index in [1.54, 1.807) is 0 Å². The third-order valence-corrected chi connectivity index (χ3v) is 6.75. The van der Waals surface area contributed by atoms with Gasteiger partial charge in [-0.3, -0.25) is 4.79 Å². The molecule has 1 N–H and O–H groups in total. The molecule has 0 unspecified atom stereocenters. The summed E-state index contributed by atoms with van der Waals surface area (Å²) in [4.78, 5) is 15.8. The molecular formula is C17H25N2O3S+. The molecule has 1 amide bonds. The van der Waals surface area contributed by atoms with E-state index in [2.05, 4.69) is 24.3 Å². The predicted molar refractivity (Wildman–Crippen MR) is 88.8 cm³/mol. The first-order valence-electron chi connectivity index (χ1n) is 8.37. The van der Waals surface area contributed by atoms with Gasteiger partial charge < -0.3 is 9.80 Å². The number of nitrogens with zero attached hydrogens (tertiary/aromatic N) is 1. The number of nitrogens with one attached hydrogen (secondary N) is 1. The van der Waals surface area contributed by atoms with Crippen molar-refractivity contribution in [2.24, 2.45) is 5.92 Å². The summed E-state index contributed by atoms with van der Waals surface area (Å²) in [5, 5.41) is 0. The molecule has 1 aromatic carbocycles. The van der Waals surface area contributed by atoms with Gasteiger partial charge in [-0.25, -0.2) is 8.42 Å². The van der Waals surface area contributed by atoms with Crippen LogP contribution in [0.1, 0.15) is 18.4 Å². The highest BCUT2D eigenvalue weighted by atomic mass is 32.2. The number of piperazine rings is 1. The lowest BCUT2D eigenvalue weighted by Crippen LogP contribution is -3.13. The first-order chi connectivity index (χ1) is 11.0. The number of benzene rings is 1. The molecule has 0 spiro atoms. The molecule has 126 valence electrons. The van der Waals surface area contributed by atoms with E-state index < -0.39 is 9.84 Å². The maximum absolute atomic E-state index is 12.4. The van der Waals surface area contributed by atoms with Crippen LogP contribution in [0.2, 0.25) is 0 Å². The van der Waals surface area contributed by atoms with Crippen LogP contribution in [0.4, 0.5) is 0 Å². The average molecular weight is 337 g/mol. The van der Waals surface area contributed by atoms with Crippen LogP contribution in [0, 0.1) is 5.92 Å². The van der Waals surface area contributed by atoms with Crippen LogP contribution in [0.5, 0.6) is 0 Å². The van der Waals surface area contributed by atoms with Crippen LogP contribution in [0.15, 0.2) is 30.3 Å². The van der Waals surface area contributed by atoms with Gasteiger partial charge in [0.2, 0.25) is 5.91 Å². The summed E-state index contributed by atoms with van der Waals surface area (Å²) in [6.45, 7) is 4.48. The van der Waals surface area contributed by atoms with E-state index in [9.17, 15) is 13.2 Å². The van der Waals surface area contributed by atoms with Gasteiger partial charge >= 0.3 is 0 Å². The maximum Gasteiger partial charge on any atom is 0.223 e. The van der Waals surface area contributed by atoms with Crippen LogP contribution < -0.4 is 4.90 Å². The van der Waals surface area contributed by atoms with Crippen LogP contribution in [0.3, 0.4) is 0 Å². The van der Waals surface area contributed by atoms with Crippen molar-refractivity contribution < 1.29 is 18.1 Å². The quantitative estimate of drug-likeness (QED) is 0.823. The molecule has 5 nitrogen and oxygen atoms in total. The summed E-state index contributed by atoms with van der Waals surface area (Å²) in [6.07, 6.45) is 1.04. The molecule has 2 aliphatic heterocycles. The summed E-state index contributed by atoms with van der Waals surface area (Å²) in [7, 11) is -2.89. The lowest BCUT2D eigenvalue weighted by molar-refractivity contribution is -0.917. The second kappa shape index (κ2) is 7.01.